The van der Waals surface area contributed by atoms with E-state index in [0.29, 0.717) is 0 Å². The number of rotatable bonds is 3. The van der Waals surface area contributed by atoms with E-state index in [4.69, 9.17) is 14.7 Å². The van der Waals surface area contributed by atoms with Gasteiger partial charge in [0, 0.05) is 36.0 Å². The molecule has 0 saturated carbocycles. The molecule has 2 aromatic carbocycles. The molecule has 5 nitrogen and oxygen atoms in total. The van der Waals surface area contributed by atoms with Crippen molar-refractivity contribution < 1.29 is 4.74 Å². The predicted molar refractivity (Wildman–Crippen MR) is 117 cm³/mol. The molecule has 28 heavy (non-hydrogen) atoms. The molecule has 0 spiro atoms. The van der Waals surface area contributed by atoms with E-state index >= 15 is 0 Å². The van der Waals surface area contributed by atoms with Gasteiger partial charge >= 0.3 is 0 Å². The average molecular weight is 439 g/mol. The van der Waals surface area contributed by atoms with Crippen molar-refractivity contribution >= 4 is 49.0 Å². The molecule has 0 radical (unpaired) electrons. The zero-order chi connectivity index (χ0) is 19.3. The van der Waals surface area contributed by atoms with Gasteiger partial charge in [0.1, 0.15) is 5.52 Å². The Balaban J connectivity index is 1.69. The van der Waals surface area contributed by atoms with E-state index in [0.717, 1.165) is 71.4 Å². The number of aryl methyl sites for hydroxylation is 2. The topological polar surface area (TPSA) is 43.2 Å². The van der Waals surface area contributed by atoms with Crippen LogP contribution in [0, 0.1) is 13.8 Å². The molecule has 0 atom stereocenters. The summed E-state index contributed by atoms with van der Waals surface area (Å²) in [6, 6.07) is 10.7. The van der Waals surface area contributed by atoms with Crippen LogP contribution in [0.4, 0.5) is 0 Å². The van der Waals surface area contributed by atoms with Crippen LogP contribution in [0.3, 0.4) is 0 Å². The van der Waals surface area contributed by atoms with Crippen LogP contribution >= 0.6 is 15.9 Å². The quantitative estimate of drug-likeness (QED) is 0.473. The van der Waals surface area contributed by atoms with Crippen molar-refractivity contribution in [1.82, 2.24) is 19.4 Å². The second-order valence-electron chi connectivity index (χ2n) is 7.59. The van der Waals surface area contributed by atoms with Crippen LogP contribution in [0.15, 0.2) is 34.8 Å². The number of ether oxygens (including phenoxy) is 1. The minimum atomic E-state index is 0.823. The summed E-state index contributed by atoms with van der Waals surface area (Å²) in [4.78, 5) is 12.5. The normalized spacial score (nSPS) is 15.8. The third-order valence-corrected chi connectivity index (χ3v) is 6.26. The number of benzene rings is 2. The predicted octanol–water partition coefficient (Wildman–Crippen LogP) is 4.45. The van der Waals surface area contributed by atoms with Gasteiger partial charge in [-0.1, -0.05) is 15.9 Å². The summed E-state index contributed by atoms with van der Waals surface area (Å²) in [6.07, 6.45) is 0. The highest BCUT2D eigenvalue weighted by Gasteiger charge is 2.17. The first kappa shape index (κ1) is 18.0. The number of aromatic nitrogens is 3. The highest BCUT2D eigenvalue weighted by Crippen LogP contribution is 2.31. The van der Waals surface area contributed by atoms with Crippen LogP contribution in [0.2, 0.25) is 0 Å². The molecule has 4 aromatic rings. The van der Waals surface area contributed by atoms with Crippen molar-refractivity contribution in [1.29, 1.82) is 0 Å². The van der Waals surface area contributed by atoms with Crippen molar-refractivity contribution in [3.05, 3.63) is 45.9 Å². The van der Waals surface area contributed by atoms with Gasteiger partial charge < -0.3 is 9.30 Å². The summed E-state index contributed by atoms with van der Waals surface area (Å²) in [5, 5.41) is 1.15. The van der Waals surface area contributed by atoms with Gasteiger partial charge in [-0.2, -0.15) is 0 Å². The van der Waals surface area contributed by atoms with Crippen molar-refractivity contribution in [3.8, 4) is 0 Å². The minimum Gasteiger partial charge on any atom is -0.379 e. The Labute approximate surface area is 172 Å². The molecule has 1 saturated heterocycles. The van der Waals surface area contributed by atoms with Crippen molar-refractivity contribution in [3.63, 3.8) is 0 Å². The molecule has 1 aliphatic heterocycles. The molecule has 1 aliphatic rings. The number of hydrogen-bond acceptors (Lipinski definition) is 4. The molecular formula is C22H23BrN4O. The monoisotopic (exact) mass is 438 g/mol. The third kappa shape index (κ3) is 3.09. The van der Waals surface area contributed by atoms with E-state index in [2.05, 4.69) is 69.6 Å². The summed E-state index contributed by atoms with van der Waals surface area (Å²) in [5.41, 5.74) is 7.56. The Morgan fingerprint density at radius 3 is 2.43 bits per heavy atom. The lowest BCUT2D eigenvalue weighted by molar-refractivity contribution is 0.0366. The second kappa shape index (κ2) is 7.10. The number of hydrogen-bond donors (Lipinski definition) is 0. The molecular weight excluding hydrogens is 416 g/mol. The van der Waals surface area contributed by atoms with Crippen molar-refractivity contribution in [2.24, 2.45) is 0 Å². The highest BCUT2D eigenvalue weighted by atomic mass is 79.9. The van der Waals surface area contributed by atoms with Crippen LogP contribution in [-0.4, -0.2) is 52.3 Å². The maximum Gasteiger partial charge on any atom is 0.160 e. The van der Waals surface area contributed by atoms with E-state index in [9.17, 15) is 0 Å². The number of nitrogens with zero attached hydrogens (tertiary/aromatic N) is 4. The van der Waals surface area contributed by atoms with Gasteiger partial charge in [0.15, 0.2) is 5.65 Å². The third-order valence-electron chi connectivity index (χ3n) is 5.77. The maximum absolute atomic E-state index is 5.48. The molecule has 2 aromatic heterocycles. The molecule has 0 unspecified atom stereocenters. The highest BCUT2D eigenvalue weighted by molar-refractivity contribution is 9.10. The zero-order valence-corrected chi connectivity index (χ0v) is 17.8. The van der Waals surface area contributed by atoms with Gasteiger partial charge in [-0.15, -0.1) is 0 Å². The molecule has 0 N–H and O–H groups in total. The lowest BCUT2D eigenvalue weighted by Gasteiger charge is -2.26. The Morgan fingerprint density at radius 2 is 1.68 bits per heavy atom. The van der Waals surface area contributed by atoms with Gasteiger partial charge in [0.25, 0.3) is 0 Å². The van der Waals surface area contributed by atoms with E-state index in [1.165, 1.54) is 16.6 Å². The molecule has 3 heterocycles. The summed E-state index contributed by atoms with van der Waals surface area (Å²) in [6.45, 7) is 9.78. The first-order chi connectivity index (χ1) is 13.6. The SMILES string of the molecule is Cc1cc2nc3c4cc(Br)ccc4n(CCN4CCOCC4)c3nc2cc1C. The largest absolute Gasteiger partial charge is 0.379 e. The molecule has 1 fully saturated rings. The molecule has 0 bridgehead atoms. The number of halogens is 1. The smallest absolute Gasteiger partial charge is 0.160 e. The van der Waals surface area contributed by atoms with Crippen LogP contribution in [0.1, 0.15) is 11.1 Å². The van der Waals surface area contributed by atoms with Gasteiger partial charge in [-0.25, -0.2) is 9.97 Å². The van der Waals surface area contributed by atoms with E-state index in [1.807, 2.05) is 0 Å². The van der Waals surface area contributed by atoms with E-state index in [1.54, 1.807) is 0 Å². The standard InChI is InChI=1S/C22H23BrN4O/c1-14-11-18-19(12-15(14)2)25-22-21(24-18)17-13-16(23)3-4-20(17)27(22)6-5-26-7-9-28-10-8-26/h3-4,11-13H,5-10H2,1-2H3. The summed E-state index contributed by atoms with van der Waals surface area (Å²) >= 11 is 3.62. The van der Waals surface area contributed by atoms with Gasteiger partial charge in [-0.3, -0.25) is 4.90 Å². The van der Waals surface area contributed by atoms with Gasteiger partial charge in [0.05, 0.1) is 29.8 Å². The summed E-state index contributed by atoms with van der Waals surface area (Å²) < 4.78 is 8.88. The Morgan fingerprint density at radius 1 is 0.964 bits per heavy atom. The van der Waals surface area contributed by atoms with Crippen LogP contribution < -0.4 is 0 Å². The van der Waals surface area contributed by atoms with Crippen molar-refractivity contribution in [2.75, 3.05) is 32.8 Å². The molecule has 144 valence electrons. The summed E-state index contributed by atoms with van der Waals surface area (Å²) in [7, 11) is 0. The zero-order valence-electron chi connectivity index (χ0n) is 16.2. The fourth-order valence-corrected chi connectivity index (χ4v) is 4.37. The number of fused-ring (bicyclic) bond motifs is 4. The Hall–Kier alpha value is -2.02. The molecule has 5 rings (SSSR count). The first-order valence-corrected chi connectivity index (χ1v) is 10.6. The second-order valence-corrected chi connectivity index (χ2v) is 8.50. The van der Waals surface area contributed by atoms with Crippen molar-refractivity contribution in [2.45, 2.75) is 20.4 Å². The molecule has 0 aliphatic carbocycles. The van der Waals surface area contributed by atoms with Crippen LogP contribution in [0.25, 0.3) is 33.1 Å². The molecule has 6 heteroatoms. The average Bonchev–Trinajstić information content (AvgIpc) is 2.98. The first-order valence-electron chi connectivity index (χ1n) is 9.77. The molecule has 0 amide bonds. The minimum absolute atomic E-state index is 0.823. The number of morpholine rings is 1. The summed E-state index contributed by atoms with van der Waals surface area (Å²) in [5.74, 6) is 0. The van der Waals surface area contributed by atoms with Crippen LogP contribution in [0.5, 0.6) is 0 Å². The maximum atomic E-state index is 5.48. The Kier molecular flexibility index (Phi) is 4.57. The van der Waals surface area contributed by atoms with Gasteiger partial charge in [0.2, 0.25) is 0 Å². The lowest BCUT2D eigenvalue weighted by atomic mass is 10.1. The van der Waals surface area contributed by atoms with Crippen LogP contribution in [-0.2, 0) is 11.3 Å². The van der Waals surface area contributed by atoms with E-state index < -0.39 is 0 Å². The fraction of sp³-hybridized carbons (Fsp3) is 0.364. The lowest BCUT2D eigenvalue weighted by Crippen LogP contribution is -2.38. The van der Waals surface area contributed by atoms with E-state index in [-0.39, 0.29) is 0 Å². The fourth-order valence-electron chi connectivity index (χ4n) is 4.01. The Bertz CT molecular complexity index is 1190. The van der Waals surface area contributed by atoms with Gasteiger partial charge in [-0.05, 0) is 55.3 Å².